The van der Waals surface area contributed by atoms with E-state index >= 15 is 0 Å². The Morgan fingerprint density at radius 1 is 1.22 bits per heavy atom. The van der Waals surface area contributed by atoms with Crippen molar-refractivity contribution in [2.45, 2.75) is 58.9 Å². The Kier molecular flexibility index (Phi) is 3.88. The normalized spacial score (nSPS) is 30.1. The van der Waals surface area contributed by atoms with Gasteiger partial charge in [-0.3, -0.25) is 0 Å². The smallest absolute Gasteiger partial charge is 0.320 e. The zero-order valence-electron chi connectivity index (χ0n) is 12.4. The van der Waals surface area contributed by atoms with Gasteiger partial charge in [0.2, 0.25) is 0 Å². The van der Waals surface area contributed by atoms with E-state index in [0.717, 1.165) is 19.0 Å². The summed E-state index contributed by atoms with van der Waals surface area (Å²) >= 11 is 0. The Morgan fingerprint density at radius 3 is 2.50 bits per heavy atom. The molecule has 1 aliphatic carbocycles. The van der Waals surface area contributed by atoms with Crippen molar-refractivity contribution in [1.82, 2.24) is 9.80 Å². The number of carbonyl (C=O) groups excluding carboxylic acids is 1. The minimum atomic E-state index is 0.247. The zero-order chi connectivity index (χ0) is 13.3. The molecule has 3 nitrogen and oxygen atoms in total. The SMILES string of the molecule is CN1CCN(C2CCCC(CC(C)(C)C)C2)C1=O. The third kappa shape index (κ3) is 3.18. The minimum Gasteiger partial charge on any atom is -0.326 e. The van der Waals surface area contributed by atoms with Gasteiger partial charge in [-0.1, -0.05) is 33.6 Å². The summed E-state index contributed by atoms with van der Waals surface area (Å²) < 4.78 is 0. The molecule has 1 heterocycles. The quantitative estimate of drug-likeness (QED) is 0.739. The van der Waals surface area contributed by atoms with Gasteiger partial charge in [-0.05, 0) is 30.6 Å². The van der Waals surface area contributed by atoms with Crippen LogP contribution in [0.15, 0.2) is 0 Å². The van der Waals surface area contributed by atoms with Crippen molar-refractivity contribution in [3.63, 3.8) is 0 Å². The van der Waals surface area contributed by atoms with Crippen LogP contribution in [0.3, 0.4) is 0 Å². The van der Waals surface area contributed by atoms with Crippen LogP contribution < -0.4 is 0 Å². The van der Waals surface area contributed by atoms with Crippen molar-refractivity contribution in [2.24, 2.45) is 11.3 Å². The largest absolute Gasteiger partial charge is 0.326 e. The van der Waals surface area contributed by atoms with E-state index < -0.39 is 0 Å². The lowest BCUT2D eigenvalue weighted by molar-refractivity contribution is 0.136. The maximum atomic E-state index is 12.0. The fraction of sp³-hybridized carbons (Fsp3) is 0.933. The highest BCUT2D eigenvalue weighted by Crippen LogP contribution is 2.36. The summed E-state index contributed by atoms with van der Waals surface area (Å²) in [7, 11) is 1.91. The third-order valence-corrected chi connectivity index (χ3v) is 4.35. The lowest BCUT2D eigenvalue weighted by Crippen LogP contribution is -2.41. The second-order valence-corrected chi connectivity index (χ2v) is 7.35. The predicted molar refractivity (Wildman–Crippen MR) is 74.6 cm³/mol. The predicted octanol–water partition coefficient (Wildman–Crippen LogP) is 3.35. The third-order valence-electron chi connectivity index (χ3n) is 4.35. The van der Waals surface area contributed by atoms with Gasteiger partial charge in [-0.25, -0.2) is 4.79 Å². The molecule has 0 aromatic heterocycles. The summed E-state index contributed by atoms with van der Waals surface area (Å²) in [4.78, 5) is 16.0. The second kappa shape index (κ2) is 5.10. The van der Waals surface area contributed by atoms with E-state index in [1.165, 1.54) is 32.1 Å². The number of hydrogen-bond donors (Lipinski definition) is 0. The highest BCUT2D eigenvalue weighted by Gasteiger charge is 2.35. The molecule has 1 aliphatic heterocycles. The fourth-order valence-corrected chi connectivity index (χ4v) is 3.60. The van der Waals surface area contributed by atoms with Crippen molar-refractivity contribution < 1.29 is 4.79 Å². The summed E-state index contributed by atoms with van der Waals surface area (Å²) in [5.41, 5.74) is 0.415. The maximum absolute atomic E-state index is 12.0. The molecule has 2 atom stereocenters. The van der Waals surface area contributed by atoms with Gasteiger partial charge in [0.05, 0.1) is 0 Å². The first-order valence-electron chi connectivity index (χ1n) is 7.38. The molecule has 3 heteroatoms. The van der Waals surface area contributed by atoms with Gasteiger partial charge in [0.15, 0.2) is 0 Å². The van der Waals surface area contributed by atoms with Gasteiger partial charge in [0, 0.05) is 26.2 Å². The Bertz CT molecular complexity index is 308. The van der Waals surface area contributed by atoms with Crippen LogP contribution in [0.4, 0.5) is 4.79 Å². The Balaban J connectivity index is 1.93. The molecule has 2 fully saturated rings. The average molecular weight is 252 g/mol. The molecule has 0 aromatic rings. The van der Waals surface area contributed by atoms with E-state index in [1.54, 1.807) is 0 Å². The lowest BCUT2D eigenvalue weighted by Gasteiger charge is -2.37. The summed E-state index contributed by atoms with van der Waals surface area (Å²) in [6.45, 7) is 8.81. The number of amides is 2. The first-order valence-corrected chi connectivity index (χ1v) is 7.38. The van der Waals surface area contributed by atoms with E-state index in [1.807, 2.05) is 11.9 Å². The van der Waals surface area contributed by atoms with Crippen molar-refractivity contribution in [2.75, 3.05) is 20.1 Å². The van der Waals surface area contributed by atoms with Crippen molar-refractivity contribution in [3.8, 4) is 0 Å². The van der Waals surface area contributed by atoms with E-state index in [9.17, 15) is 4.79 Å². The topological polar surface area (TPSA) is 23.6 Å². The number of likely N-dealkylation sites (N-methyl/N-ethyl adjacent to an activating group) is 1. The maximum Gasteiger partial charge on any atom is 0.320 e. The molecule has 2 aliphatic rings. The van der Waals surface area contributed by atoms with Crippen molar-refractivity contribution >= 4 is 6.03 Å². The van der Waals surface area contributed by atoms with E-state index in [0.29, 0.717) is 11.5 Å². The van der Waals surface area contributed by atoms with Crippen LogP contribution in [0.5, 0.6) is 0 Å². The van der Waals surface area contributed by atoms with Crippen LogP contribution in [-0.2, 0) is 0 Å². The van der Waals surface area contributed by atoms with E-state index in [4.69, 9.17) is 0 Å². The molecule has 18 heavy (non-hydrogen) atoms. The molecule has 0 bridgehead atoms. The molecular formula is C15H28N2O. The first-order chi connectivity index (χ1) is 8.37. The summed E-state index contributed by atoms with van der Waals surface area (Å²) in [5.74, 6) is 0.808. The van der Waals surface area contributed by atoms with Crippen LogP contribution in [-0.4, -0.2) is 42.0 Å². The highest BCUT2D eigenvalue weighted by molar-refractivity contribution is 5.76. The lowest BCUT2D eigenvalue weighted by atomic mass is 9.76. The van der Waals surface area contributed by atoms with Gasteiger partial charge in [0.25, 0.3) is 0 Å². The number of rotatable bonds is 2. The summed E-state index contributed by atoms with van der Waals surface area (Å²) in [5, 5.41) is 0. The Labute approximate surface area is 112 Å². The van der Waals surface area contributed by atoms with Gasteiger partial charge >= 0.3 is 6.03 Å². The van der Waals surface area contributed by atoms with Gasteiger partial charge in [0.1, 0.15) is 0 Å². The molecule has 0 spiro atoms. The molecule has 1 saturated heterocycles. The molecule has 0 aromatic carbocycles. The summed E-state index contributed by atoms with van der Waals surface area (Å²) in [6, 6.07) is 0.750. The van der Waals surface area contributed by atoms with Crippen LogP contribution in [0.25, 0.3) is 0 Å². The van der Waals surface area contributed by atoms with Crippen LogP contribution in [0, 0.1) is 11.3 Å². The Hall–Kier alpha value is -0.730. The molecule has 2 rings (SSSR count). The average Bonchev–Trinajstić information content (AvgIpc) is 2.58. The minimum absolute atomic E-state index is 0.247. The molecular weight excluding hydrogens is 224 g/mol. The number of urea groups is 1. The Morgan fingerprint density at radius 2 is 1.94 bits per heavy atom. The molecule has 104 valence electrons. The van der Waals surface area contributed by atoms with E-state index in [-0.39, 0.29) is 6.03 Å². The molecule has 0 N–H and O–H groups in total. The van der Waals surface area contributed by atoms with Gasteiger partial charge < -0.3 is 9.80 Å². The number of hydrogen-bond acceptors (Lipinski definition) is 1. The van der Waals surface area contributed by atoms with Crippen LogP contribution >= 0.6 is 0 Å². The van der Waals surface area contributed by atoms with Crippen LogP contribution in [0.1, 0.15) is 52.9 Å². The zero-order valence-corrected chi connectivity index (χ0v) is 12.4. The summed E-state index contributed by atoms with van der Waals surface area (Å²) in [6.07, 6.45) is 6.36. The highest BCUT2D eigenvalue weighted by atomic mass is 16.2. The molecule has 2 amide bonds. The first kappa shape index (κ1) is 13.7. The second-order valence-electron chi connectivity index (χ2n) is 7.35. The van der Waals surface area contributed by atoms with Crippen molar-refractivity contribution in [1.29, 1.82) is 0 Å². The van der Waals surface area contributed by atoms with Crippen molar-refractivity contribution in [3.05, 3.63) is 0 Å². The fourth-order valence-electron chi connectivity index (χ4n) is 3.60. The molecule has 1 saturated carbocycles. The number of nitrogens with zero attached hydrogens (tertiary/aromatic N) is 2. The van der Waals surface area contributed by atoms with Gasteiger partial charge in [-0.2, -0.15) is 0 Å². The standard InChI is InChI=1S/C15H28N2O/c1-15(2,3)11-12-6-5-7-13(10-12)17-9-8-16(4)14(17)18/h12-13H,5-11H2,1-4H3. The van der Waals surface area contributed by atoms with Gasteiger partial charge in [-0.15, -0.1) is 0 Å². The number of carbonyl (C=O) groups is 1. The van der Waals surface area contributed by atoms with E-state index in [2.05, 4.69) is 25.7 Å². The molecule has 2 unspecified atom stereocenters. The monoisotopic (exact) mass is 252 g/mol. The van der Waals surface area contributed by atoms with Crippen LogP contribution in [0.2, 0.25) is 0 Å². The molecule has 0 radical (unpaired) electrons.